The quantitative estimate of drug-likeness (QED) is 0.127. The van der Waals surface area contributed by atoms with Crippen molar-refractivity contribution in [2.45, 2.75) is 135 Å². The van der Waals surface area contributed by atoms with Gasteiger partial charge in [-0.3, -0.25) is 0 Å². The van der Waals surface area contributed by atoms with Gasteiger partial charge in [-0.15, -0.1) is 11.3 Å². The minimum atomic E-state index is -0.169. The first-order chi connectivity index (χ1) is 45.3. The lowest BCUT2D eigenvalue weighted by Crippen LogP contribution is -2.63. The molecule has 0 saturated heterocycles. The van der Waals surface area contributed by atoms with Crippen LogP contribution in [-0.4, -0.2) is 13.4 Å². The van der Waals surface area contributed by atoms with Gasteiger partial charge in [-0.2, -0.15) is 0 Å². The third-order valence-electron chi connectivity index (χ3n) is 22.6. The highest BCUT2D eigenvalue weighted by Crippen LogP contribution is 2.55. The Morgan fingerprint density at radius 3 is 1.29 bits per heavy atom. The maximum Gasteiger partial charge on any atom is 0.257 e. The van der Waals surface area contributed by atoms with Crippen LogP contribution >= 0.6 is 11.3 Å². The molecule has 5 heterocycles. The van der Waals surface area contributed by atoms with Crippen molar-refractivity contribution in [1.82, 2.24) is 0 Å². The SMILES string of the molecule is CCC(C)(C)c1cc2c(s1)Oc1cc(N(c3ccccc3)c3ccc4c(c3)C(C)(C)CCC4(C)C)cc3c1B2c1cc2c(cc1N3c1ccccc1)N(c1ccccc1)c1cc(N(c3ccccc3)c3ccc4c(c3)C(C)(C)CCC4(C)C)cc3c1B2c1ccccc1O3. The van der Waals surface area contributed by atoms with Crippen LogP contribution in [0.2, 0.25) is 0 Å². The van der Waals surface area contributed by atoms with Crippen molar-refractivity contribution in [2.24, 2.45) is 0 Å². The summed E-state index contributed by atoms with van der Waals surface area (Å²) in [5.74, 6) is 2.62. The molecule has 17 rings (SSSR count). The van der Waals surface area contributed by atoms with Gasteiger partial charge in [-0.25, -0.2) is 0 Å². The van der Waals surface area contributed by atoms with Gasteiger partial charge in [0.2, 0.25) is 0 Å². The molecule has 0 spiro atoms. The molecular weight excluding hydrogens is 1160 g/mol. The number of fused-ring (bicyclic) bond motifs is 10. The summed E-state index contributed by atoms with van der Waals surface area (Å²) in [7, 11) is 0. The molecule has 0 bridgehead atoms. The Labute approximate surface area is 560 Å². The van der Waals surface area contributed by atoms with E-state index >= 15 is 0 Å². The van der Waals surface area contributed by atoms with E-state index in [9.17, 15) is 0 Å². The summed E-state index contributed by atoms with van der Waals surface area (Å²) < 4.78 is 15.0. The number of benzene rings is 10. The zero-order chi connectivity index (χ0) is 64.4. The second-order valence-electron chi connectivity index (χ2n) is 30.6. The van der Waals surface area contributed by atoms with Crippen molar-refractivity contribution in [1.29, 1.82) is 0 Å². The molecular formula is C85H80B2N4O2S. The van der Waals surface area contributed by atoms with Crippen LogP contribution in [0.1, 0.15) is 135 Å². The molecule has 6 nitrogen and oxygen atoms in total. The number of hydrogen-bond donors (Lipinski definition) is 0. The smallest absolute Gasteiger partial charge is 0.257 e. The molecule has 1 aromatic heterocycles. The van der Waals surface area contributed by atoms with Gasteiger partial charge in [0.05, 0.1) is 11.4 Å². The zero-order valence-electron chi connectivity index (χ0n) is 56.1. The van der Waals surface area contributed by atoms with E-state index in [0.29, 0.717) is 0 Å². The fourth-order valence-corrected chi connectivity index (χ4v) is 17.9. The average Bonchev–Trinajstić information content (AvgIpc) is 0.924. The third kappa shape index (κ3) is 9.10. The predicted octanol–water partition coefficient (Wildman–Crippen LogP) is 19.9. The maximum atomic E-state index is 7.58. The summed E-state index contributed by atoms with van der Waals surface area (Å²) in [6.07, 6.45) is 5.57. The van der Waals surface area contributed by atoms with E-state index in [-0.39, 0.29) is 40.5 Å². The molecule has 0 unspecified atom stereocenters. The topological polar surface area (TPSA) is 31.4 Å². The Hall–Kier alpha value is -9.17. The molecule has 2 aliphatic carbocycles. The van der Waals surface area contributed by atoms with Gasteiger partial charge < -0.3 is 29.1 Å². The summed E-state index contributed by atoms with van der Waals surface area (Å²) in [6.45, 7) is 26.1. The summed E-state index contributed by atoms with van der Waals surface area (Å²) in [5.41, 5.74) is 26.1. The Balaban J connectivity index is 0.937. The molecule has 0 saturated carbocycles. The van der Waals surface area contributed by atoms with Gasteiger partial charge in [0.25, 0.3) is 13.4 Å². The first kappa shape index (κ1) is 58.6. The van der Waals surface area contributed by atoms with Crippen molar-refractivity contribution >= 4 is 126 Å². The fraction of sp³-hybridized carbons (Fsp3) is 0.247. The molecule has 10 aromatic carbocycles. The zero-order valence-corrected chi connectivity index (χ0v) is 56.9. The lowest BCUT2D eigenvalue weighted by molar-refractivity contribution is 0.332. The van der Waals surface area contributed by atoms with E-state index in [0.717, 1.165) is 134 Å². The molecule has 0 atom stereocenters. The van der Waals surface area contributed by atoms with Crippen LogP contribution in [0.25, 0.3) is 0 Å². The lowest BCUT2D eigenvalue weighted by Gasteiger charge is -2.45. The van der Waals surface area contributed by atoms with Gasteiger partial charge in [-0.05, 0) is 217 Å². The Bertz CT molecular complexity index is 4860. The number of hydrogen-bond acceptors (Lipinski definition) is 7. The molecule has 94 heavy (non-hydrogen) atoms. The molecule has 0 N–H and O–H groups in total. The molecule has 464 valence electrons. The molecule has 6 aliphatic rings. The number of ether oxygens (including phenoxy) is 2. The van der Waals surface area contributed by atoms with Crippen LogP contribution in [-0.2, 0) is 27.1 Å². The molecule has 11 aromatic rings. The highest BCUT2D eigenvalue weighted by molar-refractivity contribution is 7.17. The summed E-state index contributed by atoms with van der Waals surface area (Å²) in [5, 5.41) is 0.967. The number of nitrogens with zero attached hydrogens (tertiary/aromatic N) is 4. The van der Waals surface area contributed by atoms with Crippen molar-refractivity contribution in [3.63, 3.8) is 0 Å². The Kier molecular flexibility index (Phi) is 13.2. The fourth-order valence-electron chi connectivity index (χ4n) is 16.6. The van der Waals surface area contributed by atoms with Crippen LogP contribution in [0.15, 0.2) is 224 Å². The summed E-state index contributed by atoms with van der Waals surface area (Å²) in [4.78, 5) is 11.4. The first-order valence-electron chi connectivity index (χ1n) is 34.1. The number of para-hydroxylation sites is 5. The van der Waals surface area contributed by atoms with Gasteiger partial charge in [-0.1, -0.05) is 185 Å². The normalized spacial score (nSPS) is 16.8. The van der Waals surface area contributed by atoms with Crippen LogP contribution in [0.5, 0.6) is 22.3 Å². The maximum absolute atomic E-state index is 7.58. The minimum absolute atomic E-state index is 0.00963. The predicted molar refractivity (Wildman–Crippen MR) is 399 cm³/mol. The van der Waals surface area contributed by atoms with E-state index in [4.69, 9.17) is 9.47 Å². The molecule has 0 fully saturated rings. The number of anilines is 12. The second-order valence-corrected chi connectivity index (χ2v) is 31.6. The van der Waals surface area contributed by atoms with Crippen LogP contribution < -0.4 is 61.9 Å². The van der Waals surface area contributed by atoms with Crippen LogP contribution in [0.4, 0.5) is 68.2 Å². The highest BCUT2D eigenvalue weighted by Gasteiger charge is 2.49. The van der Waals surface area contributed by atoms with E-state index in [1.807, 2.05) is 11.3 Å². The monoisotopic (exact) mass is 1240 g/mol. The summed E-state index contributed by atoms with van der Waals surface area (Å²) >= 11 is 1.83. The molecule has 0 amide bonds. The van der Waals surface area contributed by atoms with Gasteiger partial charge in [0.1, 0.15) is 17.2 Å². The van der Waals surface area contributed by atoms with Crippen molar-refractivity contribution in [3.8, 4) is 22.3 Å². The highest BCUT2D eigenvalue weighted by atomic mass is 32.1. The standard InChI is InChI=1S/C85H80B2N4O2S/c1-12-81(2,3)77-52-69-80(94-77)93-76-50-61(89(55-29-19-14-20-30-55)59-38-40-63-65(46-59)85(10,11)44-42-83(63,6)7)48-73-79(76)87(69)68-51-67-70(53-71(68)91(73)57-33-23-16-24-34-57)90(56-31-21-15-22-32-56)72-47-60(49-75-78(72)86(67)66-35-25-26-36-74(66)92-75)88(54-27-17-13-18-28-54)58-37-39-62-64(45-58)84(8,9)43-41-82(62,4)5/h13-40,45-53H,12,41-44H2,1-11H3. The number of rotatable bonds is 10. The second kappa shape index (κ2) is 21.2. The van der Waals surface area contributed by atoms with Gasteiger partial charge in [0, 0.05) is 73.9 Å². The van der Waals surface area contributed by atoms with Crippen molar-refractivity contribution in [2.75, 3.05) is 19.6 Å². The van der Waals surface area contributed by atoms with E-state index < -0.39 is 0 Å². The molecule has 0 radical (unpaired) electrons. The molecule has 4 aliphatic heterocycles. The van der Waals surface area contributed by atoms with E-state index in [1.165, 1.54) is 49.0 Å². The van der Waals surface area contributed by atoms with E-state index in [2.05, 4.69) is 320 Å². The van der Waals surface area contributed by atoms with E-state index in [1.54, 1.807) is 0 Å². The minimum Gasteiger partial charge on any atom is -0.458 e. The number of thiophene rings is 1. The first-order valence-corrected chi connectivity index (χ1v) is 34.9. The van der Waals surface area contributed by atoms with Gasteiger partial charge in [0.15, 0.2) is 5.06 Å². The molecule has 9 heteroatoms. The van der Waals surface area contributed by atoms with Crippen molar-refractivity contribution in [3.05, 3.63) is 252 Å². The Morgan fingerprint density at radius 2 is 0.809 bits per heavy atom. The third-order valence-corrected chi connectivity index (χ3v) is 23.9. The van der Waals surface area contributed by atoms with Gasteiger partial charge >= 0.3 is 0 Å². The van der Waals surface area contributed by atoms with Crippen molar-refractivity contribution < 1.29 is 9.47 Å². The van der Waals surface area contributed by atoms with Crippen LogP contribution in [0, 0.1) is 0 Å². The lowest BCUT2D eigenvalue weighted by atomic mass is 9.31. The largest absolute Gasteiger partial charge is 0.458 e. The Morgan fingerprint density at radius 1 is 0.383 bits per heavy atom. The average molecular weight is 1240 g/mol. The van der Waals surface area contributed by atoms with Crippen LogP contribution in [0.3, 0.4) is 0 Å². The summed E-state index contributed by atoms with van der Waals surface area (Å²) in [6, 6.07) is 84.6.